The van der Waals surface area contributed by atoms with Crippen LogP contribution in [-0.2, 0) is 9.84 Å². The maximum absolute atomic E-state index is 10.9. The lowest BCUT2D eigenvalue weighted by atomic mass is 10.3. The molecule has 0 aliphatic carbocycles. The fourth-order valence-corrected chi connectivity index (χ4v) is 3.30. The van der Waals surface area contributed by atoms with E-state index >= 15 is 0 Å². The average Bonchev–Trinajstić information content (AvgIpc) is 2.10. The Kier molecular flexibility index (Phi) is 8.56. The second-order valence-corrected chi connectivity index (χ2v) is 7.68. The van der Waals surface area contributed by atoms with Crippen molar-refractivity contribution in [3.63, 3.8) is 0 Å². The van der Waals surface area contributed by atoms with E-state index in [0.717, 1.165) is 13.1 Å². The molecule has 1 atom stereocenters. The maximum Gasteiger partial charge on any atom is 0.148 e. The van der Waals surface area contributed by atoms with Gasteiger partial charge in [0.25, 0.3) is 0 Å². The molecule has 0 bridgehead atoms. The van der Waals surface area contributed by atoms with Gasteiger partial charge < -0.3 is 5.32 Å². The predicted molar refractivity (Wildman–Crippen MR) is 69.4 cm³/mol. The minimum atomic E-state index is -2.79. The van der Waals surface area contributed by atoms with Crippen molar-refractivity contribution in [1.82, 2.24) is 5.32 Å². The first kappa shape index (κ1) is 15.3. The smallest absolute Gasteiger partial charge is 0.148 e. The van der Waals surface area contributed by atoms with Gasteiger partial charge in [-0.3, -0.25) is 0 Å². The van der Waals surface area contributed by atoms with Gasteiger partial charge in [0.05, 0.1) is 5.75 Å². The Hall–Kier alpha value is 0.260. The van der Waals surface area contributed by atoms with E-state index in [1.165, 1.54) is 19.1 Å². The number of unbranched alkanes of at least 4 members (excludes halogenated alkanes) is 1. The van der Waals surface area contributed by atoms with Gasteiger partial charge in [0, 0.05) is 23.8 Å². The number of hydrogen-bond acceptors (Lipinski definition) is 4. The number of thioether (sulfide) groups is 1. The van der Waals surface area contributed by atoms with E-state index in [0.29, 0.717) is 11.0 Å². The van der Waals surface area contributed by atoms with Crippen LogP contribution in [-0.4, -0.2) is 44.5 Å². The molecule has 3 nitrogen and oxygen atoms in total. The van der Waals surface area contributed by atoms with Gasteiger partial charge in [0.2, 0.25) is 0 Å². The number of sulfone groups is 1. The number of nitrogens with one attached hydrogen (secondary N) is 1. The Morgan fingerprint density at radius 2 is 2.07 bits per heavy atom. The second-order valence-electron chi connectivity index (χ2n) is 3.87. The van der Waals surface area contributed by atoms with Crippen LogP contribution in [0.2, 0.25) is 0 Å². The summed E-state index contributed by atoms with van der Waals surface area (Å²) < 4.78 is 21.8. The molecule has 0 aliphatic rings. The molecule has 0 aromatic carbocycles. The van der Waals surface area contributed by atoms with E-state index in [1.807, 2.05) is 0 Å². The second kappa shape index (κ2) is 8.42. The molecule has 92 valence electrons. The average molecular weight is 253 g/mol. The Labute approximate surface area is 98.3 Å². The molecule has 0 aliphatic heterocycles. The Morgan fingerprint density at radius 3 is 2.60 bits per heavy atom. The highest BCUT2D eigenvalue weighted by Gasteiger charge is 2.05. The van der Waals surface area contributed by atoms with Crippen LogP contribution in [0.1, 0.15) is 26.7 Å². The maximum atomic E-state index is 10.9. The molecule has 0 aromatic rings. The molecular weight excluding hydrogens is 230 g/mol. The molecule has 0 saturated carbocycles. The Balaban J connectivity index is 3.37. The molecule has 0 saturated heterocycles. The monoisotopic (exact) mass is 253 g/mol. The minimum absolute atomic E-state index is 0.289. The van der Waals surface area contributed by atoms with E-state index in [2.05, 4.69) is 19.2 Å². The van der Waals surface area contributed by atoms with Gasteiger partial charge in [-0.1, -0.05) is 20.3 Å². The van der Waals surface area contributed by atoms with Crippen molar-refractivity contribution < 1.29 is 8.42 Å². The summed E-state index contributed by atoms with van der Waals surface area (Å²) in [5.41, 5.74) is 0. The number of rotatable bonds is 9. The molecule has 1 unspecified atom stereocenters. The van der Waals surface area contributed by atoms with Gasteiger partial charge >= 0.3 is 0 Å². The quantitative estimate of drug-likeness (QED) is 0.633. The van der Waals surface area contributed by atoms with Crippen LogP contribution in [0.5, 0.6) is 0 Å². The van der Waals surface area contributed by atoms with E-state index < -0.39 is 9.84 Å². The van der Waals surface area contributed by atoms with Crippen LogP contribution in [0.15, 0.2) is 0 Å². The molecule has 1 N–H and O–H groups in total. The minimum Gasteiger partial charge on any atom is -0.316 e. The summed E-state index contributed by atoms with van der Waals surface area (Å²) in [5, 5.41) is 3.85. The van der Waals surface area contributed by atoms with Gasteiger partial charge in [0.15, 0.2) is 0 Å². The van der Waals surface area contributed by atoms with E-state index in [-0.39, 0.29) is 5.75 Å². The molecule has 0 amide bonds. The Bertz CT molecular complexity index is 240. The number of hydrogen-bond donors (Lipinski definition) is 1. The normalized spacial score (nSPS) is 14.1. The van der Waals surface area contributed by atoms with Crippen LogP contribution in [0, 0.1) is 0 Å². The lowest BCUT2D eigenvalue weighted by Gasteiger charge is -2.11. The summed E-state index contributed by atoms with van der Waals surface area (Å²) in [6.45, 7) is 6.33. The van der Waals surface area contributed by atoms with Crippen LogP contribution in [0.3, 0.4) is 0 Å². The molecule has 0 spiro atoms. The highest BCUT2D eigenvalue weighted by molar-refractivity contribution is 8.01. The summed E-state index contributed by atoms with van der Waals surface area (Å²) in [4.78, 5) is 0. The fourth-order valence-electron chi connectivity index (χ4n) is 1.07. The molecule has 0 rings (SSSR count). The third-order valence-electron chi connectivity index (χ3n) is 2.00. The van der Waals surface area contributed by atoms with Crippen molar-refractivity contribution in [3.05, 3.63) is 0 Å². The predicted octanol–water partition coefficient (Wildman–Crippen LogP) is 1.54. The largest absolute Gasteiger partial charge is 0.316 e. The van der Waals surface area contributed by atoms with Gasteiger partial charge in [-0.25, -0.2) is 8.42 Å². The molecule has 5 heteroatoms. The van der Waals surface area contributed by atoms with Gasteiger partial charge in [0.1, 0.15) is 9.84 Å². The molecule has 15 heavy (non-hydrogen) atoms. The summed E-state index contributed by atoms with van der Waals surface area (Å²) in [5.74, 6) is 0.992. The molecular formula is C10H23NO2S2. The van der Waals surface area contributed by atoms with Gasteiger partial charge in [-0.15, -0.1) is 0 Å². The van der Waals surface area contributed by atoms with Crippen molar-refractivity contribution in [3.8, 4) is 0 Å². The van der Waals surface area contributed by atoms with E-state index in [9.17, 15) is 8.42 Å². The first-order valence-corrected chi connectivity index (χ1v) is 8.56. The van der Waals surface area contributed by atoms with Crippen LogP contribution >= 0.6 is 11.8 Å². The van der Waals surface area contributed by atoms with Gasteiger partial charge in [-0.2, -0.15) is 11.8 Å². The van der Waals surface area contributed by atoms with Crippen LogP contribution < -0.4 is 5.32 Å². The summed E-state index contributed by atoms with van der Waals surface area (Å²) in [6.07, 6.45) is 3.71. The zero-order valence-electron chi connectivity index (χ0n) is 9.95. The van der Waals surface area contributed by atoms with Crippen molar-refractivity contribution >= 4 is 21.6 Å². The van der Waals surface area contributed by atoms with Crippen LogP contribution in [0.25, 0.3) is 0 Å². The summed E-state index contributed by atoms with van der Waals surface area (Å²) >= 11 is 1.72. The third kappa shape index (κ3) is 12.2. The summed E-state index contributed by atoms with van der Waals surface area (Å²) in [7, 11) is -2.79. The van der Waals surface area contributed by atoms with Crippen molar-refractivity contribution in [2.45, 2.75) is 31.9 Å². The van der Waals surface area contributed by atoms with Crippen molar-refractivity contribution in [1.29, 1.82) is 0 Å². The van der Waals surface area contributed by atoms with E-state index in [4.69, 9.17) is 0 Å². The van der Waals surface area contributed by atoms with Gasteiger partial charge in [-0.05, 0) is 13.0 Å². The Morgan fingerprint density at radius 1 is 1.40 bits per heavy atom. The van der Waals surface area contributed by atoms with Crippen LogP contribution in [0.4, 0.5) is 0 Å². The molecule has 0 fully saturated rings. The SMILES string of the molecule is CCCCNCC(C)SCCS(C)(=O)=O. The standard InChI is InChI=1S/C10H23NO2S2/c1-4-5-6-11-9-10(2)14-7-8-15(3,12)13/h10-11H,4-9H2,1-3H3. The van der Waals surface area contributed by atoms with E-state index in [1.54, 1.807) is 11.8 Å². The lowest BCUT2D eigenvalue weighted by molar-refractivity contribution is 0.603. The first-order valence-electron chi connectivity index (χ1n) is 5.45. The van der Waals surface area contributed by atoms with Crippen molar-refractivity contribution in [2.75, 3.05) is 30.9 Å². The zero-order valence-corrected chi connectivity index (χ0v) is 11.6. The zero-order chi connectivity index (χ0) is 11.7. The topological polar surface area (TPSA) is 46.2 Å². The molecule has 0 radical (unpaired) electrons. The fraction of sp³-hybridized carbons (Fsp3) is 1.00. The first-order chi connectivity index (χ1) is 6.95. The third-order valence-corrected chi connectivity index (χ3v) is 4.38. The highest BCUT2D eigenvalue weighted by atomic mass is 32.2. The highest BCUT2D eigenvalue weighted by Crippen LogP contribution is 2.09. The summed E-state index contributed by atoms with van der Waals surface area (Å²) in [6, 6.07) is 0. The van der Waals surface area contributed by atoms with Crippen molar-refractivity contribution in [2.24, 2.45) is 0 Å². The lowest BCUT2D eigenvalue weighted by Crippen LogP contribution is -2.24. The molecule has 0 aromatic heterocycles. The molecule has 0 heterocycles.